The van der Waals surface area contributed by atoms with Crippen LogP contribution < -0.4 is 0 Å². The molecule has 84 valence electrons. The van der Waals surface area contributed by atoms with Crippen molar-refractivity contribution in [2.75, 3.05) is 0 Å². The van der Waals surface area contributed by atoms with Crippen LogP contribution in [-0.2, 0) is 13.1 Å². The van der Waals surface area contributed by atoms with Crippen molar-refractivity contribution in [3.05, 3.63) is 35.1 Å². The maximum atomic E-state index is 13.3. The van der Waals surface area contributed by atoms with Crippen LogP contribution in [0.3, 0.4) is 0 Å². The number of aliphatic hydroxyl groups is 1. The van der Waals surface area contributed by atoms with Crippen LogP contribution in [0.2, 0.25) is 0 Å². The molecule has 0 amide bonds. The van der Waals surface area contributed by atoms with Gasteiger partial charge in [0.1, 0.15) is 12.5 Å². The molecule has 1 nitrogen and oxygen atoms in total. The fraction of sp³-hybridized carbons (Fsp3) is 0.500. The van der Waals surface area contributed by atoms with E-state index in [0.29, 0.717) is 17.5 Å². The quantitative estimate of drug-likeness (QED) is 0.798. The van der Waals surface area contributed by atoms with Crippen molar-refractivity contribution in [3.8, 4) is 0 Å². The summed E-state index contributed by atoms with van der Waals surface area (Å²) < 4.78 is 25.6. The lowest BCUT2D eigenvalue weighted by Crippen LogP contribution is -2.11. The van der Waals surface area contributed by atoms with E-state index in [1.54, 1.807) is 0 Å². The largest absolute Gasteiger partial charge is 0.393 e. The zero-order valence-corrected chi connectivity index (χ0v) is 8.84. The Balaban J connectivity index is 2.74. The van der Waals surface area contributed by atoms with E-state index in [0.717, 1.165) is 6.42 Å². The number of alkyl halides is 1. The van der Waals surface area contributed by atoms with Crippen molar-refractivity contribution in [1.82, 2.24) is 0 Å². The van der Waals surface area contributed by atoms with E-state index in [-0.39, 0.29) is 12.2 Å². The summed E-state index contributed by atoms with van der Waals surface area (Å²) in [6.07, 6.45) is 1.21. The van der Waals surface area contributed by atoms with Crippen LogP contribution in [0.4, 0.5) is 8.78 Å². The number of rotatable bonds is 5. The second-order valence-corrected chi connectivity index (χ2v) is 3.71. The summed E-state index contributed by atoms with van der Waals surface area (Å²) >= 11 is 0. The predicted octanol–water partition coefficient (Wildman–Crippen LogP) is 3.00. The molecule has 0 aliphatic carbocycles. The molecule has 0 radical (unpaired) electrons. The number of aliphatic hydroxyl groups excluding tert-OH is 1. The molecule has 1 atom stereocenters. The van der Waals surface area contributed by atoms with Gasteiger partial charge in [0.05, 0.1) is 6.10 Å². The SMILES string of the molecule is CCCC(O)Cc1cc(CF)ccc1F. The van der Waals surface area contributed by atoms with Crippen molar-refractivity contribution in [3.63, 3.8) is 0 Å². The summed E-state index contributed by atoms with van der Waals surface area (Å²) in [6, 6.07) is 4.15. The minimum absolute atomic E-state index is 0.257. The van der Waals surface area contributed by atoms with Gasteiger partial charge in [-0.2, -0.15) is 0 Å². The van der Waals surface area contributed by atoms with Gasteiger partial charge < -0.3 is 5.11 Å². The highest BCUT2D eigenvalue weighted by atomic mass is 19.1. The molecule has 0 fully saturated rings. The van der Waals surface area contributed by atoms with Crippen molar-refractivity contribution < 1.29 is 13.9 Å². The molecule has 0 aliphatic heterocycles. The fourth-order valence-electron chi connectivity index (χ4n) is 1.56. The van der Waals surface area contributed by atoms with E-state index in [1.807, 2.05) is 6.92 Å². The molecule has 15 heavy (non-hydrogen) atoms. The lowest BCUT2D eigenvalue weighted by molar-refractivity contribution is 0.162. The van der Waals surface area contributed by atoms with Crippen LogP contribution in [-0.4, -0.2) is 11.2 Å². The summed E-state index contributed by atoms with van der Waals surface area (Å²) in [5.41, 5.74) is 0.848. The summed E-state index contributed by atoms with van der Waals surface area (Å²) in [5.74, 6) is -0.373. The molecule has 0 saturated carbocycles. The van der Waals surface area contributed by atoms with Crippen LogP contribution >= 0.6 is 0 Å². The van der Waals surface area contributed by atoms with Crippen molar-refractivity contribution in [2.24, 2.45) is 0 Å². The molecule has 0 aliphatic rings. The van der Waals surface area contributed by atoms with Gasteiger partial charge in [-0.15, -0.1) is 0 Å². The molecule has 0 spiro atoms. The monoisotopic (exact) mass is 214 g/mol. The first-order chi connectivity index (χ1) is 7.17. The lowest BCUT2D eigenvalue weighted by atomic mass is 10.0. The van der Waals surface area contributed by atoms with Gasteiger partial charge in [-0.1, -0.05) is 25.5 Å². The van der Waals surface area contributed by atoms with E-state index in [1.165, 1.54) is 18.2 Å². The second kappa shape index (κ2) is 5.81. The van der Waals surface area contributed by atoms with E-state index in [4.69, 9.17) is 0 Å². The van der Waals surface area contributed by atoms with E-state index >= 15 is 0 Å². The fourth-order valence-corrected chi connectivity index (χ4v) is 1.56. The standard InChI is InChI=1S/C12H16F2O/c1-2-3-11(15)7-10-6-9(8-13)4-5-12(10)14/h4-6,11,15H,2-3,7-8H2,1H3. The average molecular weight is 214 g/mol. The lowest BCUT2D eigenvalue weighted by Gasteiger charge is -2.10. The number of hydrogen-bond acceptors (Lipinski definition) is 1. The van der Waals surface area contributed by atoms with Crippen LogP contribution in [0, 0.1) is 5.82 Å². The van der Waals surface area contributed by atoms with E-state index in [2.05, 4.69) is 0 Å². The smallest absolute Gasteiger partial charge is 0.126 e. The van der Waals surface area contributed by atoms with Gasteiger partial charge >= 0.3 is 0 Å². The molecule has 1 unspecified atom stereocenters. The van der Waals surface area contributed by atoms with Gasteiger partial charge in [0.2, 0.25) is 0 Å². The van der Waals surface area contributed by atoms with E-state index in [9.17, 15) is 13.9 Å². The highest BCUT2D eigenvalue weighted by Crippen LogP contribution is 2.15. The zero-order valence-electron chi connectivity index (χ0n) is 8.84. The Kier molecular flexibility index (Phi) is 4.69. The molecule has 1 N–H and O–H groups in total. The van der Waals surface area contributed by atoms with Gasteiger partial charge in [0.25, 0.3) is 0 Å². The minimum Gasteiger partial charge on any atom is -0.393 e. The minimum atomic E-state index is -0.600. The molecule has 1 aromatic carbocycles. The second-order valence-electron chi connectivity index (χ2n) is 3.71. The summed E-state index contributed by atoms with van der Waals surface area (Å²) in [6.45, 7) is 1.36. The van der Waals surface area contributed by atoms with Crippen molar-refractivity contribution in [1.29, 1.82) is 0 Å². The number of halogens is 2. The Morgan fingerprint density at radius 2 is 2.13 bits per heavy atom. The van der Waals surface area contributed by atoms with E-state index < -0.39 is 12.8 Å². The Hall–Kier alpha value is -0.960. The van der Waals surface area contributed by atoms with Crippen molar-refractivity contribution >= 4 is 0 Å². The number of hydrogen-bond donors (Lipinski definition) is 1. The van der Waals surface area contributed by atoms with Crippen LogP contribution in [0.15, 0.2) is 18.2 Å². The molecular formula is C12H16F2O. The summed E-state index contributed by atoms with van der Waals surface area (Å²) in [5, 5.41) is 9.53. The van der Waals surface area contributed by atoms with Gasteiger partial charge in [-0.3, -0.25) is 0 Å². The van der Waals surface area contributed by atoms with Gasteiger partial charge in [0, 0.05) is 6.42 Å². The van der Waals surface area contributed by atoms with Gasteiger partial charge in [-0.05, 0) is 23.6 Å². The predicted molar refractivity (Wildman–Crippen MR) is 55.8 cm³/mol. The topological polar surface area (TPSA) is 20.2 Å². The van der Waals surface area contributed by atoms with Crippen molar-refractivity contribution in [2.45, 2.75) is 39.0 Å². The normalized spacial score (nSPS) is 12.8. The summed E-state index contributed by atoms with van der Waals surface area (Å²) in [7, 11) is 0. The maximum Gasteiger partial charge on any atom is 0.126 e. The molecule has 0 aromatic heterocycles. The average Bonchev–Trinajstić information content (AvgIpc) is 2.21. The van der Waals surface area contributed by atoms with Crippen LogP contribution in [0.25, 0.3) is 0 Å². The Labute approximate surface area is 88.7 Å². The first kappa shape index (κ1) is 12.1. The molecule has 0 heterocycles. The molecular weight excluding hydrogens is 198 g/mol. The van der Waals surface area contributed by atoms with Gasteiger partial charge in [0.15, 0.2) is 0 Å². The molecule has 0 bridgehead atoms. The third-order valence-electron chi connectivity index (χ3n) is 2.34. The highest BCUT2D eigenvalue weighted by Gasteiger charge is 2.09. The number of benzene rings is 1. The van der Waals surface area contributed by atoms with Crippen LogP contribution in [0.1, 0.15) is 30.9 Å². The summed E-state index contributed by atoms with van der Waals surface area (Å²) in [4.78, 5) is 0. The third-order valence-corrected chi connectivity index (χ3v) is 2.34. The first-order valence-corrected chi connectivity index (χ1v) is 5.18. The Morgan fingerprint density at radius 3 is 2.73 bits per heavy atom. The molecule has 1 aromatic rings. The Bertz CT molecular complexity index is 312. The molecule has 3 heteroatoms. The molecule has 0 saturated heterocycles. The first-order valence-electron chi connectivity index (χ1n) is 5.18. The van der Waals surface area contributed by atoms with Crippen LogP contribution in [0.5, 0.6) is 0 Å². The zero-order chi connectivity index (χ0) is 11.3. The Morgan fingerprint density at radius 1 is 1.40 bits per heavy atom. The van der Waals surface area contributed by atoms with Gasteiger partial charge in [-0.25, -0.2) is 8.78 Å². The molecule has 1 rings (SSSR count). The third kappa shape index (κ3) is 3.59. The highest BCUT2D eigenvalue weighted by molar-refractivity contribution is 5.25. The maximum absolute atomic E-state index is 13.3.